The molecule has 1 aliphatic carbocycles. The Morgan fingerprint density at radius 1 is 1.03 bits per heavy atom. The molecule has 3 heteroatoms. The van der Waals surface area contributed by atoms with Crippen LogP contribution in [0.25, 0.3) is 0 Å². The topological polar surface area (TPSA) is 37.4 Å². The van der Waals surface area contributed by atoms with E-state index >= 15 is 0 Å². The number of Topliss-reactive ketones (excluding diaryl/α,β-unsaturated/α-hetero) is 2. The Hall–Kier alpha value is -2.26. The number of carbonyl (C=O) groups excluding carboxylic acids is 2. The van der Waals surface area contributed by atoms with Crippen LogP contribution in [0.1, 0.15) is 92.6 Å². The first-order valence-electron chi connectivity index (χ1n) is 12.3. The Morgan fingerprint density at radius 3 is 2.31 bits per heavy atom. The van der Waals surface area contributed by atoms with Crippen LogP contribution < -0.4 is 0 Å². The number of carbonyl (C=O) groups is 2. The van der Waals surface area contributed by atoms with Gasteiger partial charge in [-0.3, -0.25) is 9.59 Å². The molecule has 0 aromatic heterocycles. The summed E-state index contributed by atoms with van der Waals surface area (Å²) in [5, 5.41) is 0. The first kappa shape index (κ1) is 24.4. The van der Waals surface area contributed by atoms with Crippen LogP contribution in [0.4, 0.5) is 0 Å². The molecule has 1 fully saturated rings. The van der Waals surface area contributed by atoms with Crippen molar-refractivity contribution in [2.45, 2.75) is 65.7 Å². The molecule has 174 valence electrons. The van der Waals surface area contributed by atoms with Crippen LogP contribution in [0, 0.1) is 11.8 Å². The number of fused-ring (bicyclic) bond motifs is 1. The highest BCUT2D eigenvalue weighted by Gasteiger charge is 2.29. The van der Waals surface area contributed by atoms with Crippen molar-refractivity contribution in [3.63, 3.8) is 0 Å². The van der Waals surface area contributed by atoms with E-state index in [1.807, 2.05) is 12.1 Å². The van der Waals surface area contributed by atoms with Crippen LogP contribution in [0.15, 0.2) is 48.5 Å². The predicted molar refractivity (Wildman–Crippen MR) is 135 cm³/mol. The lowest BCUT2D eigenvalue weighted by molar-refractivity contribution is 0.0876. The Bertz CT molecular complexity index is 898. The molecule has 0 radical (unpaired) electrons. The second-order valence-electron chi connectivity index (χ2n) is 10.1. The Balaban J connectivity index is 0.000000714. The molecule has 0 saturated carbocycles. The van der Waals surface area contributed by atoms with Crippen LogP contribution in [-0.4, -0.2) is 36.1 Å². The Labute approximate surface area is 195 Å². The monoisotopic (exact) mass is 435 g/mol. The summed E-state index contributed by atoms with van der Waals surface area (Å²) in [5.74, 6) is 1.98. The second-order valence-corrected chi connectivity index (χ2v) is 10.1. The third-order valence-corrected chi connectivity index (χ3v) is 6.56. The van der Waals surface area contributed by atoms with Gasteiger partial charge in [0.1, 0.15) is 0 Å². The summed E-state index contributed by atoms with van der Waals surface area (Å²) in [6.07, 6.45) is 5.18. The molecular formula is C29H41NO2. The molecular weight excluding hydrogens is 394 g/mol. The SMILES string of the molecule is CC(=O)c1ccc2c(c1)CCC(CCN1CCC(c3ccccc3)CC1)C2=O.CC(C)C.[HH]. The van der Waals surface area contributed by atoms with Crippen LogP contribution in [0.5, 0.6) is 0 Å². The van der Waals surface area contributed by atoms with Gasteiger partial charge in [0.25, 0.3) is 0 Å². The fourth-order valence-corrected chi connectivity index (χ4v) is 4.77. The van der Waals surface area contributed by atoms with Gasteiger partial charge >= 0.3 is 0 Å². The lowest BCUT2D eigenvalue weighted by atomic mass is 9.80. The van der Waals surface area contributed by atoms with Gasteiger partial charge in [-0.25, -0.2) is 0 Å². The van der Waals surface area contributed by atoms with Gasteiger partial charge in [-0.05, 0) is 87.7 Å². The fourth-order valence-electron chi connectivity index (χ4n) is 4.77. The van der Waals surface area contributed by atoms with Gasteiger partial charge in [0, 0.05) is 18.5 Å². The van der Waals surface area contributed by atoms with Crippen LogP contribution in [0.2, 0.25) is 0 Å². The van der Waals surface area contributed by atoms with E-state index in [1.54, 1.807) is 13.0 Å². The number of likely N-dealkylation sites (tertiary alicyclic amines) is 1. The minimum absolute atomic E-state index is 0. The van der Waals surface area contributed by atoms with E-state index in [2.05, 4.69) is 56.0 Å². The largest absolute Gasteiger partial charge is 0.303 e. The molecule has 2 aromatic rings. The van der Waals surface area contributed by atoms with Gasteiger partial charge in [-0.15, -0.1) is 0 Å². The third-order valence-electron chi connectivity index (χ3n) is 6.56. The summed E-state index contributed by atoms with van der Waals surface area (Å²) >= 11 is 0. The van der Waals surface area contributed by atoms with Crippen molar-refractivity contribution in [2.24, 2.45) is 11.8 Å². The van der Waals surface area contributed by atoms with Crippen LogP contribution >= 0.6 is 0 Å². The zero-order valence-electron chi connectivity index (χ0n) is 20.3. The predicted octanol–water partition coefficient (Wildman–Crippen LogP) is 6.81. The molecule has 32 heavy (non-hydrogen) atoms. The zero-order valence-corrected chi connectivity index (χ0v) is 20.3. The number of benzene rings is 2. The van der Waals surface area contributed by atoms with Crippen LogP contribution in [0.3, 0.4) is 0 Å². The van der Waals surface area contributed by atoms with E-state index in [9.17, 15) is 9.59 Å². The quantitative estimate of drug-likeness (QED) is 0.484. The number of ketones is 2. The number of rotatable bonds is 5. The summed E-state index contributed by atoms with van der Waals surface area (Å²) in [6.45, 7) is 11.3. The third kappa shape index (κ3) is 6.62. The molecule has 3 nitrogen and oxygen atoms in total. The smallest absolute Gasteiger partial charge is 0.166 e. The fraction of sp³-hybridized carbons (Fsp3) is 0.517. The maximum absolute atomic E-state index is 12.9. The summed E-state index contributed by atoms with van der Waals surface area (Å²) in [7, 11) is 0. The number of aryl methyl sites for hydroxylation is 1. The second kappa shape index (κ2) is 11.6. The van der Waals surface area contributed by atoms with Gasteiger partial charge < -0.3 is 4.90 Å². The van der Waals surface area contributed by atoms with E-state index in [0.29, 0.717) is 11.5 Å². The van der Waals surface area contributed by atoms with E-state index in [0.717, 1.165) is 55.9 Å². The minimum Gasteiger partial charge on any atom is -0.303 e. The average Bonchev–Trinajstić information content (AvgIpc) is 2.79. The summed E-state index contributed by atoms with van der Waals surface area (Å²) < 4.78 is 0. The minimum atomic E-state index is 0. The molecule has 2 aliphatic rings. The summed E-state index contributed by atoms with van der Waals surface area (Å²) in [5.41, 5.74) is 4.07. The highest BCUT2D eigenvalue weighted by Crippen LogP contribution is 2.31. The maximum atomic E-state index is 12.9. The number of nitrogens with zero attached hydrogens (tertiary/aromatic N) is 1. The first-order valence-corrected chi connectivity index (χ1v) is 12.3. The summed E-state index contributed by atoms with van der Waals surface area (Å²) in [6, 6.07) is 16.4. The highest BCUT2D eigenvalue weighted by atomic mass is 16.1. The van der Waals surface area contributed by atoms with Crippen molar-refractivity contribution >= 4 is 11.6 Å². The van der Waals surface area contributed by atoms with E-state index in [-0.39, 0.29) is 18.9 Å². The van der Waals surface area contributed by atoms with Gasteiger partial charge in [-0.2, -0.15) is 0 Å². The molecule has 1 unspecified atom stereocenters. The molecule has 0 spiro atoms. The molecule has 1 saturated heterocycles. The Kier molecular flexibility index (Phi) is 8.81. The summed E-state index contributed by atoms with van der Waals surface area (Å²) in [4.78, 5) is 27.0. The Morgan fingerprint density at radius 2 is 1.69 bits per heavy atom. The molecule has 1 heterocycles. The lowest BCUT2D eigenvalue weighted by Gasteiger charge is -2.33. The van der Waals surface area contributed by atoms with E-state index < -0.39 is 0 Å². The molecule has 1 aliphatic heterocycles. The molecule has 0 N–H and O–H groups in total. The number of piperidine rings is 1. The van der Waals surface area contributed by atoms with Crippen molar-refractivity contribution < 1.29 is 11.0 Å². The van der Waals surface area contributed by atoms with Crippen molar-refractivity contribution in [3.05, 3.63) is 70.8 Å². The molecule has 2 aromatic carbocycles. The highest BCUT2D eigenvalue weighted by molar-refractivity contribution is 6.02. The number of hydrogen-bond donors (Lipinski definition) is 0. The average molecular weight is 436 g/mol. The van der Waals surface area contributed by atoms with E-state index in [1.165, 1.54) is 18.4 Å². The molecule has 4 rings (SSSR count). The first-order chi connectivity index (χ1) is 15.3. The lowest BCUT2D eigenvalue weighted by Crippen LogP contribution is -2.35. The molecule has 1 atom stereocenters. The van der Waals surface area contributed by atoms with Crippen LogP contribution in [-0.2, 0) is 6.42 Å². The van der Waals surface area contributed by atoms with Crippen molar-refractivity contribution in [1.82, 2.24) is 4.90 Å². The van der Waals surface area contributed by atoms with Crippen molar-refractivity contribution in [2.75, 3.05) is 19.6 Å². The molecule has 0 bridgehead atoms. The standard InChI is InChI=1S/C25H29NO2.C4H10.H2/c1-18(27)22-9-10-24-23(17-22)8-7-21(25(24)28)13-16-26-14-11-20(12-15-26)19-5-3-2-4-6-19;1-4(2)3;/h2-6,9-10,17,20-21H,7-8,11-16H2,1H3;4H,1-3H3;1H. The van der Waals surface area contributed by atoms with Gasteiger partial charge in [0.05, 0.1) is 0 Å². The number of hydrogen-bond acceptors (Lipinski definition) is 3. The van der Waals surface area contributed by atoms with E-state index in [4.69, 9.17) is 0 Å². The van der Waals surface area contributed by atoms with Crippen molar-refractivity contribution in [3.8, 4) is 0 Å². The maximum Gasteiger partial charge on any atom is 0.166 e. The van der Waals surface area contributed by atoms with Gasteiger partial charge in [0.15, 0.2) is 11.6 Å². The van der Waals surface area contributed by atoms with Crippen molar-refractivity contribution in [1.29, 1.82) is 0 Å². The molecule has 0 amide bonds. The normalized spacial score (nSPS) is 19.3. The zero-order chi connectivity index (χ0) is 23.1. The van der Waals surface area contributed by atoms with Gasteiger partial charge in [-0.1, -0.05) is 63.2 Å². The van der Waals surface area contributed by atoms with Gasteiger partial charge in [0.2, 0.25) is 0 Å².